The number of aromatic nitrogens is 1. The van der Waals surface area contributed by atoms with Crippen LogP contribution in [-0.2, 0) is 6.54 Å². The molecule has 1 aromatic heterocycles. The summed E-state index contributed by atoms with van der Waals surface area (Å²) in [7, 11) is 5.59. The van der Waals surface area contributed by atoms with Gasteiger partial charge >= 0.3 is 0 Å². The molecule has 0 unspecified atom stereocenters. The predicted molar refractivity (Wildman–Crippen MR) is 86.5 cm³/mol. The van der Waals surface area contributed by atoms with Gasteiger partial charge in [0.05, 0.1) is 18.5 Å². The minimum absolute atomic E-state index is 0.678. The van der Waals surface area contributed by atoms with Gasteiger partial charge in [-0.25, -0.2) is 0 Å². The average Bonchev–Trinajstić information content (AvgIpc) is 2.81. The first-order valence-corrected chi connectivity index (χ1v) is 7.41. The molecule has 108 valence electrons. The van der Waals surface area contributed by atoms with E-state index in [0.29, 0.717) is 12.4 Å². The smallest absolute Gasteiger partial charge is 0.231 e. The van der Waals surface area contributed by atoms with E-state index in [1.807, 2.05) is 44.1 Å². The third kappa shape index (κ3) is 3.35. The molecule has 0 atom stereocenters. The molecule has 1 heterocycles. The largest absolute Gasteiger partial charge is 0.480 e. The summed E-state index contributed by atoms with van der Waals surface area (Å²) in [6.07, 6.45) is 0. The molecule has 0 spiro atoms. The maximum absolute atomic E-state index is 5.96. The molecule has 0 aliphatic heterocycles. The number of rotatable bonds is 5. The van der Waals surface area contributed by atoms with Crippen molar-refractivity contribution in [2.45, 2.75) is 13.5 Å². The van der Waals surface area contributed by atoms with Crippen LogP contribution < -0.4 is 15.0 Å². The first-order valence-electron chi connectivity index (χ1n) is 6.22. The SMILES string of the molecule is COc1nc(N(C)C)sc1CNc1ccc(Cl)cc1C. The highest BCUT2D eigenvalue weighted by molar-refractivity contribution is 7.15. The molecule has 1 N–H and O–H groups in total. The molecule has 2 rings (SSSR count). The van der Waals surface area contributed by atoms with Crippen molar-refractivity contribution in [1.82, 2.24) is 4.98 Å². The topological polar surface area (TPSA) is 37.4 Å². The van der Waals surface area contributed by atoms with Gasteiger partial charge in [-0.15, -0.1) is 0 Å². The summed E-state index contributed by atoms with van der Waals surface area (Å²) >= 11 is 7.58. The molecule has 1 aromatic carbocycles. The number of nitrogens with one attached hydrogen (secondary N) is 1. The molecule has 0 saturated carbocycles. The van der Waals surface area contributed by atoms with E-state index in [1.54, 1.807) is 18.4 Å². The fraction of sp³-hybridized carbons (Fsp3) is 0.357. The van der Waals surface area contributed by atoms with Crippen LogP contribution in [0.25, 0.3) is 0 Å². The van der Waals surface area contributed by atoms with Gasteiger partial charge < -0.3 is 15.0 Å². The van der Waals surface area contributed by atoms with Crippen molar-refractivity contribution in [3.63, 3.8) is 0 Å². The minimum Gasteiger partial charge on any atom is -0.480 e. The van der Waals surface area contributed by atoms with Crippen LogP contribution in [0.15, 0.2) is 18.2 Å². The van der Waals surface area contributed by atoms with Crippen LogP contribution in [0.1, 0.15) is 10.4 Å². The quantitative estimate of drug-likeness (QED) is 0.911. The molecule has 0 aliphatic carbocycles. The number of hydrogen-bond donors (Lipinski definition) is 1. The first kappa shape index (κ1) is 14.9. The second-order valence-electron chi connectivity index (χ2n) is 4.64. The Labute approximate surface area is 128 Å². The minimum atomic E-state index is 0.678. The second kappa shape index (κ2) is 6.33. The van der Waals surface area contributed by atoms with Crippen molar-refractivity contribution in [3.8, 4) is 5.88 Å². The maximum atomic E-state index is 5.96. The highest BCUT2D eigenvalue weighted by atomic mass is 35.5. The van der Waals surface area contributed by atoms with Crippen LogP contribution in [-0.4, -0.2) is 26.2 Å². The van der Waals surface area contributed by atoms with E-state index >= 15 is 0 Å². The van der Waals surface area contributed by atoms with Gasteiger partial charge in [-0.05, 0) is 30.7 Å². The Bertz CT molecular complexity index is 598. The van der Waals surface area contributed by atoms with E-state index in [0.717, 1.165) is 26.3 Å². The van der Waals surface area contributed by atoms with Crippen LogP contribution in [0.2, 0.25) is 5.02 Å². The van der Waals surface area contributed by atoms with Gasteiger partial charge in [0.2, 0.25) is 5.88 Å². The molecule has 6 heteroatoms. The molecule has 0 amide bonds. The highest BCUT2D eigenvalue weighted by Crippen LogP contribution is 2.31. The fourth-order valence-electron chi connectivity index (χ4n) is 1.79. The van der Waals surface area contributed by atoms with E-state index in [1.165, 1.54) is 0 Å². The summed E-state index contributed by atoms with van der Waals surface area (Å²) in [6.45, 7) is 2.71. The molecule has 4 nitrogen and oxygen atoms in total. The van der Waals surface area contributed by atoms with E-state index < -0.39 is 0 Å². The van der Waals surface area contributed by atoms with Crippen molar-refractivity contribution < 1.29 is 4.74 Å². The lowest BCUT2D eigenvalue weighted by atomic mass is 10.2. The zero-order valence-corrected chi connectivity index (χ0v) is 13.6. The fourth-order valence-corrected chi connectivity index (χ4v) is 2.91. The lowest BCUT2D eigenvalue weighted by molar-refractivity contribution is 0.397. The monoisotopic (exact) mass is 311 g/mol. The summed E-state index contributed by atoms with van der Waals surface area (Å²) < 4.78 is 5.33. The molecule has 20 heavy (non-hydrogen) atoms. The van der Waals surface area contributed by atoms with E-state index in [2.05, 4.69) is 10.3 Å². The van der Waals surface area contributed by atoms with Gasteiger partial charge in [0.15, 0.2) is 5.13 Å². The predicted octanol–water partition coefficient (Wildman–Crippen LogP) is 3.79. The van der Waals surface area contributed by atoms with E-state index in [4.69, 9.17) is 16.3 Å². The Balaban J connectivity index is 2.14. The Morgan fingerprint density at radius 1 is 1.40 bits per heavy atom. The maximum Gasteiger partial charge on any atom is 0.231 e. The molecule has 0 bridgehead atoms. The Kier molecular flexibility index (Phi) is 4.73. The van der Waals surface area contributed by atoms with Gasteiger partial charge in [0.1, 0.15) is 0 Å². The second-order valence-corrected chi connectivity index (χ2v) is 6.13. The van der Waals surface area contributed by atoms with Gasteiger partial charge in [-0.3, -0.25) is 0 Å². The van der Waals surface area contributed by atoms with E-state index in [-0.39, 0.29) is 0 Å². The molecule has 0 aliphatic rings. The third-order valence-corrected chi connectivity index (χ3v) is 4.29. The number of aryl methyl sites for hydroxylation is 1. The summed E-state index contributed by atoms with van der Waals surface area (Å²) in [5, 5.41) is 5.08. The number of methoxy groups -OCH3 is 1. The first-order chi connectivity index (χ1) is 9.51. The van der Waals surface area contributed by atoms with Crippen molar-refractivity contribution in [3.05, 3.63) is 33.7 Å². The Morgan fingerprint density at radius 2 is 2.15 bits per heavy atom. The molecular formula is C14H18ClN3OS. The summed E-state index contributed by atoms with van der Waals surface area (Å²) in [4.78, 5) is 7.49. The normalized spacial score (nSPS) is 10.4. The number of nitrogens with zero attached hydrogens (tertiary/aromatic N) is 2. The zero-order valence-electron chi connectivity index (χ0n) is 12.0. The summed E-state index contributed by atoms with van der Waals surface area (Å²) in [5.41, 5.74) is 2.19. The molecule has 2 aromatic rings. The van der Waals surface area contributed by atoms with Crippen LogP contribution in [0.3, 0.4) is 0 Å². The van der Waals surface area contributed by atoms with Crippen molar-refractivity contribution >= 4 is 33.8 Å². The average molecular weight is 312 g/mol. The number of ether oxygens (including phenoxy) is 1. The lowest BCUT2D eigenvalue weighted by Gasteiger charge is -2.09. The van der Waals surface area contributed by atoms with Crippen LogP contribution in [0.5, 0.6) is 5.88 Å². The number of benzene rings is 1. The number of anilines is 2. The molecular weight excluding hydrogens is 294 g/mol. The number of halogens is 1. The van der Waals surface area contributed by atoms with Crippen molar-refractivity contribution in [2.24, 2.45) is 0 Å². The van der Waals surface area contributed by atoms with Gasteiger partial charge in [0, 0.05) is 24.8 Å². The standard InChI is InChI=1S/C14H18ClN3OS/c1-9-7-10(15)5-6-11(9)16-8-12-13(19-4)17-14(20-12)18(2)3/h5-7,16H,8H2,1-4H3. The van der Waals surface area contributed by atoms with Gasteiger partial charge in [-0.1, -0.05) is 22.9 Å². The summed E-state index contributed by atoms with van der Waals surface area (Å²) in [5.74, 6) is 0.679. The van der Waals surface area contributed by atoms with E-state index in [9.17, 15) is 0 Å². The molecule has 0 saturated heterocycles. The van der Waals surface area contributed by atoms with Gasteiger partial charge in [-0.2, -0.15) is 4.98 Å². The molecule has 0 fully saturated rings. The van der Waals surface area contributed by atoms with Gasteiger partial charge in [0.25, 0.3) is 0 Å². The lowest BCUT2D eigenvalue weighted by Crippen LogP contribution is -2.07. The Morgan fingerprint density at radius 3 is 2.75 bits per heavy atom. The van der Waals surface area contributed by atoms with Crippen LogP contribution in [0, 0.1) is 6.92 Å². The number of hydrogen-bond acceptors (Lipinski definition) is 5. The van der Waals surface area contributed by atoms with Crippen molar-refractivity contribution in [2.75, 3.05) is 31.4 Å². The van der Waals surface area contributed by atoms with Crippen LogP contribution >= 0.6 is 22.9 Å². The van der Waals surface area contributed by atoms with Crippen molar-refractivity contribution in [1.29, 1.82) is 0 Å². The highest BCUT2D eigenvalue weighted by Gasteiger charge is 2.13. The number of thiazole rings is 1. The summed E-state index contributed by atoms with van der Waals surface area (Å²) in [6, 6.07) is 5.81. The zero-order chi connectivity index (χ0) is 14.7. The Hall–Kier alpha value is -1.46. The van der Waals surface area contributed by atoms with Crippen LogP contribution in [0.4, 0.5) is 10.8 Å². The third-order valence-electron chi connectivity index (χ3n) is 2.85. The molecule has 0 radical (unpaired) electrons.